The van der Waals surface area contributed by atoms with Gasteiger partial charge in [-0.05, 0) is 73.5 Å². The van der Waals surface area contributed by atoms with Gasteiger partial charge in [0.25, 0.3) is 0 Å². The first-order chi connectivity index (χ1) is 15.0. The molecule has 0 radical (unpaired) electrons. The van der Waals surface area contributed by atoms with Gasteiger partial charge in [-0.2, -0.15) is 0 Å². The van der Waals surface area contributed by atoms with Crippen molar-refractivity contribution in [1.82, 2.24) is 0 Å². The van der Waals surface area contributed by atoms with Gasteiger partial charge in [-0.15, -0.1) is 0 Å². The van der Waals surface area contributed by atoms with Gasteiger partial charge < -0.3 is 24.4 Å². The van der Waals surface area contributed by atoms with Crippen molar-refractivity contribution in [2.45, 2.75) is 57.7 Å². The molecule has 4 rings (SSSR count). The van der Waals surface area contributed by atoms with Crippen LogP contribution in [0.25, 0.3) is 0 Å². The van der Waals surface area contributed by atoms with E-state index in [-0.39, 0.29) is 36.6 Å². The number of rotatable bonds is 9. The lowest BCUT2D eigenvalue weighted by atomic mass is 9.73. The van der Waals surface area contributed by atoms with Crippen LogP contribution in [0.2, 0.25) is 0 Å². The molecule has 1 aromatic carbocycles. The maximum Gasteiger partial charge on any atom is 0.341 e. The molecule has 2 fully saturated rings. The molecule has 1 aliphatic heterocycles. The van der Waals surface area contributed by atoms with E-state index in [0.29, 0.717) is 30.8 Å². The van der Waals surface area contributed by atoms with Crippen LogP contribution < -0.4 is 4.74 Å². The molecule has 1 saturated carbocycles. The van der Waals surface area contributed by atoms with E-state index >= 15 is 0 Å². The number of benzene rings is 1. The lowest BCUT2D eigenvalue weighted by Crippen LogP contribution is -2.38. The lowest BCUT2D eigenvalue weighted by Gasteiger charge is -2.33. The summed E-state index contributed by atoms with van der Waals surface area (Å²) in [6.45, 7) is 2.59. The predicted octanol–water partition coefficient (Wildman–Crippen LogP) is 2.61. The van der Waals surface area contributed by atoms with Crippen molar-refractivity contribution in [2.24, 2.45) is 23.7 Å². The second-order valence-corrected chi connectivity index (χ2v) is 9.15. The van der Waals surface area contributed by atoms with Gasteiger partial charge in [-0.25, -0.2) is 4.79 Å². The van der Waals surface area contributed by atoms with Crippen LogP contribution in [-0.2, 0) is 31.9 Å². The Kier molecular flexibility index (Phi) is 6.82. The number of carbonyl (C=O) groups excluding carboxylic acids is 1. The number of carboxylic acids is 1. The van der Waals surface area contributed by atoms with Gasteiger partial charge in [-0.3, -0.25) is 4.79 Å². The Morgan fingerprint density at radius 2 is 2.06 bits per heavy atom. The van der Waals surface area contributed by atoms with E-state index in [1.165, 1.54) is 5.56 Å². The molecule has 7 heteroatoms. The highest BCUT2D eigenvalue weighted by molar-refractivity contribution is 5.73. The minimum absolute atomic E-state index is 0.119. The molecule has 31 heavy (non-hydrogen) atoms. The van der Waals surface area contributed by atoms with Crippen molar-refractivity contribution >= 4 is 11.9 Å². The number of ether oxygens (including phenoxy) is 3. The summed E-state index contributed by atoms with van der Waals surface area (Å²) in [5, 5.41) is 19.7. The topological polar surface area (TPSA) is 102 Å². The molecule has 1 heterocycles. The maximum absolute atomic E-state index is 12.1. The summed E-state index contributed by atoms with van der Waals surface area (Å²) >= 11 is 0. The largest absolute Gasteiger partial charge is 0.482 e. The van der Waals surface area contributed by atoms with Gasteiger partial charge in [0.15, 0.2) is 6.61 Å². The smallest absolute Gasteiger partial charge is 0.341 e. The van der Waals surface area contributed by atoms with E-state index < -0.39 is 5.97 Å². The monoisotopic (exact) mass is 432 g/mol. The van der Waals surface area contributed by atoms with E-state index in [4.69, 9.17) is 19.3 Å². The summed E-state index contributed by atoms with van der Waals surface area (Å²) in [7, 11) is 0. The normalized spacial score (nSPS) is 28.2. The second-order valence-electron chi connectivity index (χ2n) is 9.15. The number of carbonyl (C=O) groups is 2. The van der Waals surface area contributed by atoms with Crippen molar-refractivity contribution in [3.63, 3.8) is 0 Å². The molecule has 7 nitrogen and oxygen atoms in total. The van der Waals surface area contributed by atoms with Crippen LogP contribution in [0.15, 0.2) is 18.2 Å². The Labute approximate surface area is 182 Å². The SMILES string of the molecule is CC[C@@H](CC[C@@H]1[C@H]2Cc3cccc(OCC(=O)O)c3C[C@H]2C[C@H]1O)OC(=O)C1COC1. The summed E-state index contributed by atoms with van der Waals surface area (Å²) in [5.41, 5.74) is 2.27. The van der Waals surface area contributed by atoms with Gasteiger partial charge in [0.05, 0.1) is 19.3 Å². The Morgan fingerprint density at radius 3 is 2.74 bits per heavy atom. The van der Waals surface area contributed by atoms with Crippen LogP contribution in [0, 0.1) is 23.7 Å². The average Bonchev–Trinajstić information content (AvgIpc) is 3.00. The minimum atomic E-state index is -0.987. The number of fused-ring (bicyclic) bond motifs is 2. The number of aliphatic hydroxyl groups is 1. The van der Waals surface area contributed by atoms with Crippen LogP contribution in [0.4, 0.5) is 0 Å². The molecule has 0 bridgehead atoms. The van der Waals surface area contributed by atoms with Gasteiger partial charge in [-0.1, -0.05) is 19.1 Å². The molecule has 0 amide bonds. The van der Waals surface area contributed by atoms with Crippen molar-refractivity contribution < 1.29 is 34.0 Å². The summed E-state index contributed by atoms with van der Waals surface area (Å²) in [6.07, 6.45) is 4.29. The molecule has 170 valence electrons. The third kappa shape index (κ3) is 4.88. The predicted molar refractivity (Wildman–Crippen MR) is 112 cm³/mol. The van der Waals surface area contributed by atoms with E-state index in [9.17, 15) is 14.7 Å². The van der Waals surface area contributed by atoms with Crippen LogP contribution >= 0.6 is 0 Å². The zero-order chi connectivity index (χ0) is 22.0. The average molecular weight is 433 g/mol. The summed E-state index contributed by atoms with van der Waals surface area (Å²) in [6, 6.07) is 5.82. The molecule has 0 unspecified atom stereocenters. The molecule has 2 N–H and O–H groups in total. The van der Waals surface area contributed by atoms with Crippen molar-refractivity contribution in [3.05, 3.63) is 29.3 Å². The first kappa shape index (κ1) is 22.1. The molecular weight excluding hydrogens is 400 g/mol. The number of esters is 1. The highest BCUT2D eigenvalue weighted by Gasteiger charge is 2.45. The minimum Gasteiger partial charge on any atom is -0.482 e. The molecule has 0 aromatic heterocycles. The molecule has 5 atom stereocenters. The Morgan fingerprint density at radius 1 is 1.26 bits per heavy atom. The fourth-order valence-corrected chi connectivity index (χ4v) is 5.44. The highest BCUT2D eigenvalue weighted by atomic mass is 16.6. The Bertz CT molecular complexity index is 803. The van der Waals surface area contributed by atoms with E-state index in [2.05, 4.69) is 6.07 Å². The standard InChI is InChI=1S/C24H32O7/c1-2-17(31-24(28)16-11-29-12-16)6-7-18-19-8-14-4-3-5-22(30-13-23(26)27)20(14)9-15(19)10-21(18)25/h3-5,15-19,21,25H,2,6-13H2,1H3,(H,26,27)/t15-,17-,18+,19-,21+/m0/s1. The number of aliphatic carboxylic acids is 1. The summed E-state index contributed by atoms with van der Waals surface area (Å²) in [5.74, 6) is 0.294. The maximum atomic E-state index is 12.1. The first-order valence-electron chi connectivity index (χ1n) is 11.4. The van der Waals surface area contributed by atoms with Gasteiger partial charge in [0.1, 0.15) is 17.8 Å². The molecule has 0 spiro atoms. The molecule has 2 aliphatic carbocycles. The Balaban J connectivity index is 1.38. The van der Waals surface area contributed by atoms with E-state index in [0.717, 1.165) is 44.1 Å². The lowest BCUT2D eigenvalue weighted by molar-refractivity contribution is -0.169. The third-order valence-corrected chi connectivity index (χ3v) is 7.23. The van der Waals surface area contributed by atoms with Crippen molar-refractivity contribution in [2.75, 3.05) is 19.8 Å². The number of hydrogen-bond acceptors (Lipinski definition) is 6. The van der Waals surface area contributed by atoms with Crippen LogP contribution in [-0.4, -0.2) is 54.2 Å². The Hall–Kier alpha value is -2.12. The fourth-order valence-electron chi connectivity index (χ4n) is 5.44. The third-order valence-electron chi connectivity index (χ3n) is 7.23. The number of aliphatic hydroxyl groups excluding tert-OH is 1. The first-order valence-corrected chi connectivity index (χ1v) is 11.4. The van der Waals surface area contributed by atoms with Gasteiger partial charge >= 0.3 is 11.9 Å². The zero-order valence-electron chi connectivity index (χ0n) is 18.0. The van der Waals surface area contributed by atoms with E-state index in [1.54, 1.807) is 0 Å². The molecule has 1 aromatic rings. The van der Waals surface area contributed by atoms with E-state index in [1.807, 2.05) is 19.1 Å². The number of hydrogen-bond donors (Lipinski definition) is 2. The van der Waals surface area contributed by atoms with Crippen LogP contribution in [0.5, 0.6) is 5.75 Å². The summed E-state index contributed by atoms with van der Waals surface area (Å²) < 4.78 is 16.3. The molecular formula is C24H32O7. The quantitative estimate of drug-likeness (QED) is 0.578. The zero-order valence-corrected chi connectivity index (χ0v) is 18.0. The van der Waals surface area contributed by atoms with Gasteiger partial charge in [0.2, 0.25) is 0 Å². The second kappa shape index (κ2) is 9.57. The van der Waals surface area contributed by atoms with Crippen LogP contribution in [0.3, 0.4) is 0 Å². The van der Waals surface area contributed by atoms with Gasteiger partial charge in [0, 0.05) is 0 Å². The molecule has 3 aliphatic rings. The summed E-state index contributed by atoms with van der Waals surface area (Å²) in [4.78, 5) is 23.0. The van der Waals surface area contributed by atoms with Crippen LogP contribution in [0.1, 0.15) is 43.7 Å². The highest BCUT2D eigenvalue weighted by Crippen LogP contribution is 2.48. The van der Waals surface area contributed by atoms with Crippen molar-refractivity contribution in [3.8, 4) is 5.75 Å². The number of carboxylic acid groups (broad SMARTS) is 1. The fraction of sp³-hybridized carbons (Fsp3) is 0.667. The van der Waals surface area contributed by atoms with Crippen molar-refractivity contribution in [1.29, 1.82) is 0 Å². The molecule has 1 saturated heterocycles.